The smallest absolute Gasteiger partial charge is 0.242 e. The minimum atomic E-state index is 0.149. The van der Waals surface area contributed by atoms with Gasteiger partial charge in [0.2, 0.25) is 5.69 Å². The molecule has 0 radical (unpaired) electrons. The van der Waals surface area contributed by atoms with Crippen LogP contribution in [0.3, 0.4) is 0 Å². The molecule has 0 aliphatic carbocycles. The van der Waals surface area contributed by atoms with Crippen molar-refractivity contribution in [3.63, 3.8) is 0 Å². The Hall–Kier alpha value is -2.23. The Bertz CT molecular complexity index is 1060. The van der Waals surface area contributed by atoms with Crippen molar-refractivity contribution in [1.29, 1.82) is 5.26 Å². The van der Waals surface area contributed by atoms with Crippen molar-refractivity contribution in [2.45, 2.75) is 15.7 Å². The molecular weight excluding hydrogens is 418 g/mol. The predicted octanol–water partition coefficient (Wildman–Crippen LogP) is 5.88. The molecular formula is C18H12ClN5S3. The summed E-state index contributed by atoms with van der Waals surface area (Å²) in [6.45, 7) is 7.26. The first-order valence-corrected chi connectivity index (χ1v) is 11.0. The molecule has 27 heavy (non-hydrogen) atoms. The number of nitrogens with zero attached hydrogens (tertiary/aromatic N) is 4. The fourth-order valence-corrected chi connectivity index (χ4v) is 5.00. The summed E-state index contributed by atoms with van der Waals surface area (Å²) in [6, 6.07) is 9.69. The van der Waals surface area contributed by atoms with Crippen LogP contribution in [0.5, 0.6) is 0 Å². The molecule has 2 heterocycles. The summed E-state index contributed by atoms with van der Waals surface area (Å²) >= 11 is 10.2. The summed E-state index contributed by atoms with van der Waals surface area (Å²) < 4.78 is 0. The van der Waals surface area contributed by atoms with Crippen molar-refractivity contribution in [2.75, 3.05) is 12.0 Å². The van der Waals surface area contributed by atoms with Crippen LogP contribution in [0.2, 0.25) is 5.02 Å². The van der Waals surface area contributed by atoms with Crippen LogP contribution in [0, 0.1) is 17.9 Å². The molecule has 0 fully saturated rings. The molecule has 9 heteroatoms. The lowest BCUT2D eigenvalue weighted by Gasteiger charge is -2.10. The van der Waals surface area contributed by atoms with E-state index in [9.17, 15) is 5.26 Å². The van der Waals surface area contributed by atoms with Gasteiger partial charge in [0.1, 0.15) is 21.9 Å². The Labute approximate surface area is 174 Å². The fourth-order valence-electron chi connectivity index (χ4n) is 2.30. The van der Waals surface area contributed by atoms with Gasteiger partial charge in [0.05, 0.1) is 17.8 Å². The van der Waals surface area contributed by atoms with Crippen LogP contribution in [-0.4, -0.2) is 16.2 Å². The van der Waals surface area contributed by atoms with Crippen LogP contribution < -0.4 is 5.73 Å². The molecule has 0 atom stereocenters. The third-order valence-corrected chi connectivity index (χ3v) is 6.55. The number of halogens is 1. The molecule has 0 aliphatic heterocycles. The monoisotopic (exact) mass is 429 g/mol. The van der Waals surface area contributed by atoms with Crippen molar-refractivity contribution in [3.8, 4) is 16.6 Å². The van der Waals surface area contributed by atoms with E-state index in [-0.39, 0.29) is 11.5 Å². The Morgan fingerprint density at radius 2 is 2.07 bits per heavy atom. The number of pyridine rings is 1. The van der Waals surface area contributed by atoms with Crippen molar-refractivity contribution in [1.82, 2.24) is 9.97 Å². The van der Waals surface area contributed by atoms with Gasteiger partial charge in [0, 0.05) is 26.6 Å². The lowest BCUT2D eigenvalue weighted by Crippen LogP contribution is -1.98. The summed E-state index contributed by atoms with van der Waals surface area (Å²) in [5.41, 5.74) is 8.43. The molecule has 3 rings (SSSR count). The highest BCUT2D eigenvalue weighted by Crippen LogP contribution is 2.40. The number of thioether (sulfide) groups is 2. The molecule has 3 aromatic rings. The van der Waals surface area contributed by atoms with Crippen LogP contribution in [0.4, 0.5) is 11.5 Å². The van der Waals surface area contributed by atoms with Crippen LogP contribution in [0.25, 0.3) is 15.4 Å². The Morgan fingerprint density at radius 3 is 2.70 bits per heavy atom. The van der Waals surface area contributed by atoms with Crippen LogP contribution in [0.15, 0.2) is 39.6 Å². The van der Waals surface area contributed by atoms with E-state index in [0.717, 1.165) is 16.3 Å². The van der Waals surface area contributed by atoms with Gasteiger partial charge >= 0.3 is 0 Å². The average molecular weight is 430 g/mol. The molecule has 2 N–H and O–H groups in total. The van der Waals surface area contributed by atoms with E-state index in [1.54, 1.807) is 11.3 Å². The Balaban J connectivity index is 1.84. The van der Waals surface area contributed by atoms with E-state index < -0.39 is 0 Å². The van der Waals surface area contributed by atoms with Gasteiger partial charge in [0.15, 0.2) is 0 Å². The highest BCUT2D eigenvalue weighted by atomic mass is 35.5. The highest BCUT2D eigenvalue weighted by molar-refractivity contribution is 7.99. The number of nitriles is 1. The fraction of sp³-hybridized carbons (Fsp3) is 0.111. The van der Waals surface area contributed by atoms with Gasteiger partial charge in [0.25, 0.3) is 0 Å². The summed E-state index contributed by atoms with van der Waals surface area (Å²) in [4.78, 5) is 12.9. The quantitative estimate of drug-likeness (QED) is 0.403. The Kier molecular flexibility index (Phi) is 6.25. The number of thiazole rings is 1. The van der Waals surface area contributed by atoms with Gasteiger partial charge in [-0.15, -0.1) is 23.1 Å². The largest absolute Gasteiger partial charge is 0.392 e. The van der Waals surface area contributed by atoms with E-state index in [2.05, 4.69) is 20.9 Å². The lowest BCUT2D eigenvalue weighted by atomic mass is 10.2. The van der Waals surface area contributed by atoms with Crippen LogP contribution in [-0.2, 0) is 5.75 Å². The van der Waals surface area contributed by atoms with Crippen molar-refractivity contribution in [3.05, 3.63) is 57.3 Å². The van der Waals surface area contributed by atoms with Crippen molar-refractivity contribution in [2.24, 2.45) is 0 Å². The third kappa shape index (κ3) is 4.20. The van der Waals surface area contributed by atoms with Crippen molar-refractivity contribution < 1.29 is 0 Å². The average Bonchev–Trinajstić information content (AvgIpc) is 3.15. The topological polar surface area (TPSA) is 79.9 Å². The van der Waals surface area contributed by atoms with E-state index in [1.807, 2.05) is 35.9 Å². The molecule has 5 nitrogen and oxygen atoms in total. The summed E-state index contributed by atoms with van der Waals surface area (Å²) in [7, 11) is 0. The molecule has 134 valence electrons. The number of nitrogen functional groups attached to an aromatic ring is 1. The second-order valence-corrected chi connectivity index (χ2v) is 8.30. The zero-order valence-corrected chi connectivity index (χ0v) is 17.3. The zero-order chi connectivity index (χ0) is 19.4. The molecule has 0 aliphatic rings. The normalized spacial score (nSPS) is 10.4. The molecule has 0 spiro atoms. The van der Waals surface area contributed by atoms with E-state index >= 15 is 0 Å². The third-order valence-electron chi connectivity index (χ3n) is 3.55. The minimum Gasteiger partial charge on any atom is -0.392 e. The van der Waals surface area contributed by atoms with Gasteiger partial charge in [-0.3, -0.25) is 0 Å². The number of aromatic nitrogens is 2. The SMILES string of the molecule is [C-]#[N+]c1c(N)nc(SCc2csc(-c3ccc(Cl)cc3)n2)c(C#N)c1SC. The number of benzene rings is 1. The standard InChI is InChI=1S/C18H12ClN5S3/c1-22-14-15(25-2)13(7-20)18(24-16(14)21)27-9-12-8-26-17(23-12)10-3-5-11(19)6-4-10/h3-6,8H,9H2,2H3,(H2,21,24). The number of anilines is 1. The first kappa shape index (κ1) is 19.5. The number of hydrogen-bond acceptors (Lipinski definition) is 7. The van der Waals surface area contributed by atoms with Gasteiger partial charge in [-0.25, -0.2) is 14.8 Å². The maximum absolute atomic E-state index is 9.53. The summed E-state index contributed by atoms with van der Waals surface area (Å²) in [5.74, 6) is 0.701. The summed E-state index contributed by atoms with van der Waals surface area (Å²) in [5, 5.41) is 13.6. The van der Waals surface area contributed by atoms with Gasteiger partial charge in [-0.05, 0) is 18.4 Å². The predicted molar refractivity (Wildman–Crippen MR) is 114 cm³/mol. The maximum Gasteiger partial charge on any atom is 0.242 e. The molecule has 0 amide bonds. The van der Waals surface area contributed by atoms with Gasteiger partial charge < -0.3 is 5.73 Å². The van der Waals surface area contributed by atoms with Gasteiger partial charge in [-0.2, -0.15) is 5.26 Å². The molecule has 1 aromatic carbocycles. The lowest BCUT2D eigenvalue weighted by molar-refractivity contribution is 1.08. The second kappa shape index (κ2) is 8.64. The van der Waals surface area contributed by atoms with Crippen LogP contribution in [0.1, 0.15) is 11.3 Å². The maximum atomic E-state index is 9.53. The first-order chi connectivity index (χ1) is 13.1. The molecule has 0 bridgehead atoms. The minimum absolute atomic E-state index is 0.149. The van der Waals surface area contributed by atoms with E-state index in [4.69, 9.17) is 23.9 Å². The molecule has 2 aromatic heterocycles. The van der Waals surface area contributed by atoms with Crippen LogP contribution >= 0.6 is 46.5 Å². The summed E-state index contributed by atoms with van der Waals surface area (Å²) in [6.07, 6.45) is 1.82. The zero-order valence-electron chi connectivity index (χ0n) is 14.1. The number of hydrogen-bond donors (Lipinski definition) is 1. The molecule has 0 saturated heterocycles. The van der Waals surface area contributed by atoms with E-state index in [1.165, 1.54) is 23.5 Å². The Morgan fingerprint density at radius 1 is 1.33 bits per heavy atom. The highest BCUT2D eigenvalue weighted by Gasteiger charge is 2.19. The number of nitrogens with two attached hydrogens (primary N) is 1. The first-order valence-electron chi connectivity index (χ1n) is 7.55. The second-order valence-electron chi connectivity index (χ2n) is 5.22. The van der Waals surface area contributed by atoms with Gasteiger partial charge in [-0.1, -0.05) is 35.5 Å². The molecule has 0 unspecified atom stereocenters. The van der Waals surface area contributed by atoms with E-state index in [0.29, 0.717) is 26.3 Å². The van der Waals surface area contributed by atoms with Crippen molar-refractivity contribution >= 4 is 58.0 Å². The number of rotatable bonds is 5. The molecule has 0 saturated carbocycles.